The molecule has 0 saturated carbocycles. The molecule has 0 spiro atoms. The average molecular weight is 317 g/mol. The molecule has 116 valence electrons. The van der Waals surface area contributed by atoms with Gasteiger partial charge in [-0.2, -0.15) is 0 Å². The minimum absolute atomic E-state index is 0.122. The first-order chi connectivity index (χ1) is 10.7. The van der Waals surface area contributed by atoms with Gasteiger partial charge < -0.3 is 10.6 Å². The van der Waals surface area contributed by atoms with Crippen LogP contribution in [-0.2, 0) is 6.54 Å². The molecule has 1 saturated heterocycles. The zero-order valence-electron chi connectivity index (χ0n) is 12.3. The molecule has 6 nitrogen and oxygen atoms in total. The largest absolute Gasteiger partial charge is 0.382 e. The standard InChI is InChI=1S/C15H19N5OS/c16-14-13(17-4-5-18-14)15(21)20-7-2-6-19(8-9-20)11-12-3-1-10-22-12/h1,3-5,10H,2,6-9,11H2,(H2,16,18). The molecule has 0 unspecified atom stereocenters. The Labute approximate surface area is 133 Å². The van der Waals surface area contributed by atoms with Crippen molar-refractivity contribution < 1.29 is 4.79 Å². The number of carbonyl (C=O) groups excluding carboxylic acids is 1. The van der Waals surface area contributed by atoms with E-state index in [9.17, 15) is 4.79 Å². The van der Waals surface area contributed by atoms with E-state index in [-0.39, 0.29) is 17.4 Å². The van der Waals surface area contributed by atoms with E-state index in [1.807, 2.05) is 4.90 Å². The summed E-state index contributed by atoms with van der Waals surface area (Å²) in [6.45, 7) is 4.24. The minimum Gasteiger partial charge on any atom is -0.382 e. The molecule has 1 aliphatic rings. The van der Waals surface area contributed by atoms with Gasteiger partial charge in [0.2, 0.25) is 0 Å². The van der Waals surface area contributed by atoms with Crippen molar-refractivity contribution in [1.29, 1.82) is 0 Å². The molecule has 1 aliphatic heterocycles. The van der Waals surface area contributed by atoms with Gasteiger partial charge in [-0.15, -0.1) is 11.3 Å². The molecule has 7 heteroatoms. The van der Waals surface area contributed by atoms with E-state index in [1.165, 1.54) is 17.3 Å². The highest BCUT2D eigenvalue weighted by Crippen LogP contribution is 2.15. The van der Waals surface area contributed by atoms with E-state index in [2.05, 4.69) is 32.4 Å². The summed E-state index contributed by atoms with van der Waals surface area (Å²) in [6, 6.07) is 4.23. The molecule has 1 amide bonds. The zero-order chi connectivity index (χ0) is 15.4. The number of aromatic nitrogens is 2. The topological polar surface area (TPSA) is 75.3 Å². The number of nitrogen functional groups attached to an aromatic ring is 1. The fourth-order valence-electron chi connectivity index (χ4n) is 2.62. The molecule has 3 rings (SSSR count). The number of amides is 1. The van der Waals surface area contributed by atoms with Gasteiger partial charge in [0.25, 0.3) is 5.91 Å². The third-order valence-electron chi connectivity index (χ3n) is 3.76. The van der Waals surface area contributed by atoms with Gasteiger partial charge >= 0.3 is 0 Å². The fourth-order valence-corrected chi connectivity index (χ4v) is 3.36. The second-order valence-corrected chi connectivity index (χ2v) is 6.32. The summed E-state index contributed by atoms with van der Waals surface area (Å²) >= 11 is 1.77. The van der Waals surface area contributed by atoms with E-state index < -0.39 is 0 Å². The smallest absolute Gasteiger partial charge is 0.276 e. The molecule has 2 aromatic heterocycles. The molecular weight excluding hydrogens is 298 g/mol. The molecule has 22 heavy (non-hydrogen) atoms. The van der Waals surface area contributed by atoms with Gasteiger partial charge in [0.1, 0.15) is 0 Å². The van der Waals surface area contributed by atoms with Gasteiger partial charge in [-0.3, -0.25) is 9.69 Å². The highest BCUT2D eigenvalue weighted by molar-refractivity contribution is 7.09. The van der Waals surface area contributed by atoms with Crippen LogP contribution in [0.2, 0.25) is 0 Å². The summed E-state index contributed by atoms with van der Waals surface area (Å²) in [5.74, 6) is 0.0794. The average Bonchev–Trinajstić information content (AvgIpc) is 2.92. The van der Waals surface area contributed by atoms with Crippen LogP contribution in [-0.4, -0.2) is 51.9 Å². The predicted octanol–water partition coefficient (Wildman–Crippen LogP) is 1.47. The fraction of sp³-hybridized carbons (Fsp3) is 0.400. The molecule has 1 fully saturated rings. The normalized spacial score (nSPS) is 16.5. The number of thiophene rings is 1. The third kappa shape index (κ3) is 3.42. The molecule has 2 N–H and O–H groups in total. The van der Waals surface area contributed by atoms with Crippen molar-refractivity contribution in [2.45, 2.75) is 13.0 Å². The lowest BCUT2D eigenvalue weighted by Crippen LogP contribution is -2.36. The van der Waals surface area contributed by atoms with Gasteiger partial charge in [-0.1, -0.05) is 6.07 Å². The first-order valence-electron chi connectivity index (χ1n) is 7.34. The van der Waals surface area contributed by atoms with Crippen molar-refractivity contribution in [3.05, 3.63) is 40.5 Å². The van der Waals surface area contributed by atoms with Gasteiger partial charge in [-0.05, 0) is 17.9 Å². The van der Waals surface area contributed by atoms with Crippen LogP contribution in [0, 0.1) is 0 Å². The summed E-state index contributed by atoms with van der Waals surface area (Å²) in [6.07, 6.45) is 3.96. The Morgan fingerprint density at radius 2 is 2.09 bits per heavy atom. The number of nitrogens with two attached hydrogens (primary N) is 1. The van der Waals surface area contributed by atoms with Crippen molar-refractivity contribution in [2.24, 2.45) is 0 Å². The van der Waals surface area contributed by atoms with Crippen molar-refractivity contribution >= 4 is 23.1 Å². The lowest BCUT2D eigenvalue weighted by atomic mass is 10.3. The molecule has 2 aromatic rings. The van der Waals surface area contributed by atoms with Crippen LogP contribution in [0.25, 0.3) is 0 Å². The van der Waals surface area contributed by atoms with Crippen LogP contribution in [0.5, 0.6) is 0 Å². The summed E-state index contributed by atoms with van der Waals surface area (Å²) < 4.78 is 0. The first kappa shape index (κ1) is 14.9. The second-order valence-electron chi connectivity index (χ2n) is 5.29. The SMILES string of the molecule is Nc1nccnc1C(=O)N1CCCN(Cc2cccs2)CC1. The number of rotatable bonds is 3. The Morgan fingerprint density at radius 3 is 2.86 bits per heavy atom. The number of hydrogen-bond acceptors (Lipinski definition) is 6. The van der Waals surface area contributed by atoms with Gasteiger partial charge in [0.15, 0.2) is 11.5 Å². The Kier molecular flexibility index (Phi) is 4.65. The molecule has 0 aliphatic carbocycles. The van der Waals surface area contributed by atoms with E-state index in [1.54, 1.807) is 11.3 Å². The van der Waals surface area contributed by atoms with Crippen molar-refractivity contribution in [3.63, 3.8) is 0 Å². The molecule has 3 heterocycles. The maximum Gasteiger partial charge on any atom is 0.276 e. The monoisotopic (exact) mass is 317 g/mol. The summed E-state index contributed by atoms with van der Waals surface area (Å²) in [4.78, 5) is 26.1. The van der Waals surface area contributed by atoms with E-state index in [0.717, 1.165) is 32.6 Å². The quantitative estimate of drug-likeness (QED) is 0.928. The summed E-state index contributed by atoms with van der Waals surface area (Å²) in [5.41, 5.74) is 6.01. The Bertz CT molecular complexity index is 631. The molecule has 0 aromatic carbocycles. The van der Waals surface area contributed by atoms with E-state index >= 15 is 0 Å². The predicted molar refractivity (Wildman–Crippen MR) is 86.6 cm³/mol. The minimum atomic E-state index is -0.122. The van der Waals surface area contributed by atoms with Gasteiger partial charge in [0.05, 0.1) is 0 Å². The maximum atomic E-state index is 12.5. The summed E-state index contributed by atoms with van der Waals surface area (Å²) in [5, 5.41) is 2.10. The molecule has 0 radical (unpaired) electrons. The number of hydrogen-bond donors (Lipinski definition) is 1. The zero-order valence-corrected chi connectivity index (χ0v) is 13.1. The van der Waals surface area contributed by atoms with Crippen LogP contribution in [0.3, 0.4) is 0 Å². The number of carbonyl (C=O) groups is 1. The number of anilines is 1. The Hall–Kier alpha value is -1.99. The summed E-state index contributed by atoms with van der Waals surface area (Å²) in [7, 11) is 0. The first-order valence-corrected chi connectivity index (χ1v) is 8.22. The van der Waals surface area contributed by atoms with Crippen LogP contribution >= 0.6 is 11.3 Å². The van der Waals surface area contributed by atoms with E-state index in [0.29, 0.717) is 6.54 Å². The van der Waals surface area contributed by atoms with Crippen LogP contribution in [0.15, 0.2) is 29.9 Å². The molecule has 0 atom stereocenters. The van der Waals surface area contributed by atoms with Crippen LogP contribution in [0.4, 0.5) is 5.82 Å². The lowest BCUT2D eigenvalue weighted by Gasteiger charge is -2.21. The van der Waals surface area contributed by atoms with Crippen molar-refractivity contribution in [1.82, 2.24) is 19.8 Å². The number of nitrogens with zero attached hydrogens (tertiary/aromatic N) is 4. The van der Waals surface area contributed by atoms with Gasteiger partial charge in [-0.25, -0.2) is 9.97 Å². The lowest BCUT2D eigenvalue weighted by molar-refractivity contribution is 0.0756. The second kappa shape index (κ2) is 6.85. The molecular formula is C15H19N5OS. The van der Waals surface area contributed by atoms with Crippen LogP contribution in [0.1, 0.15) is 21.8 Å². The van der Waals surface area contributed by atoms with Crippen molar-refractivity contribution in [3.8, 4) is 0 Å². The highest BCUT2D eigenvalue weighted by atomic mass is 32.1. The van der Waals surface area contributed by atoms with E-state index in [4.69, 9.17) is 5.73 Å². The third-order valence-corrected chi connectivity index (χ3v) is 4.63. The molecule has 0 bridgehead atoms. The van der Waals surface area contributed by atoms with Crippen molar-refractivity contribution in [2.75, 3.05) is 31.9 Å². The van der Waals surface area contributed by atoms with Gasteiger partial charge in [0, 0.05) is 50.0 Å². The highest BCUT2D eigenvalue weighted by Gasteiger charge is 2.23. The Morgan fingerprint density at radius 1 is 1.23 bits per heavy atom. The Balaban J connectivity index is 1.62. The van der Waals surface area contributed by atoms with Crippen LogP contribution < -0.4 is 5.73 Å². The maximum absolute atomic E-state index is 12.5.